The Hall–Kier alpha value is -3.61. The van der Waals surface area contributed by atoms with Gasteiger partial charge in [0.1, 0.15) is 13.2 Å². The maximum atomic E-state index is 12.9. The number of carboxylic acids is 1. The van der Waals surface area contributed by atoms with Crippen LogP contribution in [0.4, 0.5) is 4.79 Å². The van der Waals surface area contributed by atoms with Crippen LogP contribution >= 0.6 is 0 Å². The number of ether oxygens (including phenoxy) is 1. The van der Waals surface area contributed by atoms with E-state index in [4.69, 9.17) is 9.84 Å². The number of carbonyl (C=O) groups is 3. The number of hydrogen-bond donors (Lipinski definition) is 2. The summed E-state index contributed by atoms with van der Waals surface area (Å²) in [4.78, 5) is 38.0. The average Bonchev–Trinajstić information content (AvgIpc) is 3.35. The first-order valence-electron chi connectivity index (χ1n) is 12.2. The quantitative estimate of drug-likeness (QED) is 0.563. The van der Waals surface area contributed by atoms with Gasteiger partial charge in [0.05, 0.1) is 0 Å². The number of carbonyl (C=O) groups excluding carboxylic acids is 2. The van der Waals surface area contributed by atoms with E-state index >= 15 is 0 Å². The summed E-state index contributed by atoms with van der Waals surface area (Å²) >= 11 is 0. The van der Waals surface area contributed by atoms with Crippen LogP contribution < -0.4 is 5.32 Å². The van der Waals surface area contributed by atoms with Gasteiger partial charge in [-0.3, -0.25) is 9.59 Å². The number of aliphatic carboxylic acids is 1. The standard InChI is InChI=1S/C28H30N2O5/c1-2-11-30(15-26(31)32)27(33)18-12-17-14-25(23(17)13-18)29-28(34)35-16-24-21-9-5-3-7-19(21)20-8-4-6-10-22(20)24/h2-10,17-18,23-25H,1,11-16H2,(H,29,34)(H,31,32)/t17-,18?,23-,25+/m0/s1. The summed E-state index contributed by atoms with van der Waals surface area (Å²) < 4.78 is 5.68. The predicted molar refractivity (Wildman–Crippen MR) is 131 cm³/mol. The third kappa shape index (κ3) is 4.43. The first kappa shape index (κ1) is 23.1. The van der Waals surface area contributed by atoms with Crippen LogP contribution in [0.15, 0.2) is 61.2 Å². The SMILES string of the molecule is C=CCN(CC(=O)O)C(=O)C1C[C@H]2C[C@@H](NC(=O)OCC3c4ccccc4-c4ccccc43)[C@H]2C1. The topological polar surface area (TPSA) is 95.9 Å². The van der Waals surface area contributed by atoms with Gasteiger partial charge in [-0.2, -0.15) is 0 Å². The van der Waals surface area contributed by atoms with E-state index < -0.39 is 12.1 Å². The smallest absolute Gasteiger partial charge is 0.407 e. The maximum absolute atomic E-state index is 12.9. The van der Waals surface area contributed by atoms with Gasteiger partial charge in [0.2, 0.25) is 5.91 Å². The Morgan fingerprint density at radius 1 is 1.03 bits per heavy atom. The third-order valence-electron chi connectivity index (χ3n) is 7.81. The molecule has 182 valence electrons. The van der Waals surface area contributed by atoms with Crippen molar-refractivity contribution in [3.05, 3.63) is 72.3 Å². The van der Waals surface area contributed by atoms with E-state index in [-0.39, 0.29) is 49.4 Å². The van der Waals surface area contributed by atoms with E-state index in [2.05, 4.69) is 36.2 Å². The predicted octanol–water partition coefficient (Wildman–Crippen LogP) is 4.04. The molecule has 0 saturated heterocycles. The number of rotatable bonds is 8. The van der Waals surface area contributed by atoms with Crippen molar-refractivity contribution in [3.8, 4) is 11.1 Å². The number of hydrogen-bond acceptors (Lipinski definition) is 4. The summed E-state index contributed by atoms with van der Waals surface area (Å²) in [5.41, 5.74) is 4.73. The van der Waals surface area contributed by atoms with E-state index in [1.54, 1.807) is 6.08 Å². The number of alkyl carbamates (subject to hydrolysis) is 1. The lowest BCUT2D eigenvalue weighted by Gasteiger charge is -2.40. The normalized spacial score (nSPS) is 23.9. The number of amides is 2. The highest BCUT2D eigenvalue weighted by Gasteiger charge is 2.50. The van der Waals surface area contributed by atoms with Gasteiger partial charge >= 0.3 is 12.1 Å². The van der Waals surface area contributed by atoms with Crippen LogP contribution in [-0.4, -0.2) is 53.7 Å². The molecule has 0 bridgehead atoms. The summed E-state index contributed by atoms with van der Waals surface area (Å²) in [7, 11) is 0. The van der Waals surface area contributed by atoms with E-state index in [0.29, 0.717) is 12.3 Å². The molecule has 7 heteroatoms. The van der Waals surface area contributed by atoms with Gasteiger partial charge in [-0.1, -0.05) is 54.6 Å². The Morgan fingerprint density at radius 3 is 2.31 bits per heavy atom. The zero-order chi connectivity index (χ0) is 24.5. The molecular weight excluding hydrogens is 444 g/mol. The van der Waals surface area contributed by atoms with E-state index in [9.17, 15) is 14.4 Å². The minimum atomic E-state index is -1.03. The molecule has 2 saturated carbocycles. The lowest BCUT2D eigenvalue weighted by molar-refractivity contribution is -0.145. The molecule has 0 aromatic heterocycles. The van der Waals surface area contributed by atoms with Crippen molar-refractivity contribution in [2.24, 2.45) is 17.8 Å². The minimum Gasteiger partial charge on any atom is -0.480 e. The zero-order valence-electron chi connectivity index (χ0n) is 19.6. The van der Waals surface area contributed by atoms with Crippen molar-refractivity contribution in [3.63, 3.8) is 0 Å². The van der Waals surface area contributed by atoms with Gasteiger partial charge in [0, 0.05) is 24.4 Å². The maximum Gasteiger partial charge on any atom is 0.407 e. The van der Waals surface area contributed by atoms with Gasteiger partial charge in [-0.25, -0.2) is 4.79 Å². The van der Waals surface area contributed by atoms with Crippen molar-refractivity contribution in [2.75, 3.05) is 19.7 Å². The van der Waals surface area contributed by atoms with Crippen LogP contribution in [0.3, 0.4) is 0 Å². The van der Waals surface area contributed by atoms with E-state index in [1.165, 1.54) is 27.2 Å². The van der Waals surface area contributed by atoms with Crippen LogP contribution in [0.2, 0.25) is 0 Å². The van der Waals surface area contributed by atoms with Gasteiger partial charge < -0.3 is 20.1 Å². The number of fused-ring (bicyclic) bond motifs is 4. The second kappa shape index (κ2) is 9.56. The van der Waals surface area contributed by atoms with Gasteiger partial charge in [0.25, 0.3) is 0 Å². The molecule has 0 spiro atoms. The second-order valence-corrected chi connectivity index (χ2v) is 9.81. The summed E-state index contributed by atoms with van der Waals surface area (Å²) in [5.74, 6) is -0.768. The van der Waals surface area contributed by atoms with Crippen LogP contribution in [0.1, 0.15) is 36.3 Å². The van der Waals surface area contributed by atoms with Crippen LogP contribution in [0, 0.1) is 17.8 Å². The van der Waals surface area contributed by atoms with Crippen LogP contribution in [0.25, 0.3) is 11.1 Å². The fourth-order valence-corrected chi connectivity index (χ4v) is 6.20. The summed E-state index contributed by atoms with van der Waals surface area (Å²) in [6, 6.07) is 16.4. The molecule has 2 aromatic rings. The van der Waals surface area contributed by atoms with Gasteiger partial charge in [0.15, 0.2) is 0 Å². The van der Waals surface area contributed by atoms with E-state index in [1.807, 2.05) is 24.3 Å². The van der Waals surface area contributed by atoms with Crippen LogP contribution in [0.5, 0.6) is 0 Å². The summed E-state index contributed by atoms with van der Waals surface area (Å²) in [5, 5.41) is 12.1. The summed E-state index contributed by atoms with van der Waals surface area (Å²) in [6.45, 7) is 3.80. The number of benzene rings is 2. The molecule has 1 unspecified atom stereocenters. The molecule has 35 heavy (non-hydrogen) atoms. The molecule has 0 heterocycles. The van der Waals surface area contributed by atoms with Crippen molar-refractivity contribution in [1.82, 2.24) is 10.2 Å². The Labute approximate surface area is 204 Å². The Bertz CT molecular complexity index is 1120. The average molecular weight is 475 g/mol. The molecular formula is C28H30N2O5. The number of nitrogens with zero attached hydrogens (tertiary/aromatic N) is 1. The van der Waals surface area contributed by atoms with Crippen molar-refractivity contribution < 1.29 is 24.2 Å². The largest absolute Gasteiger partial charge is 0.480 e. The zero-order valence-corrected chi connectivity index (χ0v) is 19.6. The van der Waals surface area contributed by atoms with E-state index in [0.717, 1.165) is 12.8 Å². The monoisotopic (exact) mass is 474 g/mol. The highest BCUT2D eigenvalue weighted by atomic mass is 16.5. The lowest BCUT2D eigenvalue weighted by atomic mass is 9.71. The lowest BCUT2D eigenvalue weighted by Crippen LogP contribution is -2.50. The van der Waals surface area contributed by atoms with Crippen molar-refractivity contribution >= 4 is 18.0 Å². The molecule has 0 radical (unpaired) electrons. The molecule has 2 aromatic carbocycles. The molecule has 2 fully saturated rings. The Kier molecular flexibility index (Phi) is 6.32. The molecule has 2 amide bonds. The number of carboxylic acid groups (broad SMARTS) is 1. The highest BCUT2D eigenvalue weighted by Crippen LogP contribution is 2.50. The van der Waals surface area contributed by atoms with Crippen molar-refractivity contribution in [2.45, 2.75) is 31.2 Å². The first-order chi connectivity index (χ1) is 17.0. The molecule has 7 nitrogen and oxygen atoms in total. The highest BCUT2D eigenvalue weighted by molar-refractivity contribution is 5.83. The molecule has 4 atom stereocenters. The molecule has 3 aliphatic rings. The summed E-state index contributed by atoms with van der Waals surface area (Å²) in [6.07, 6.45) is 3.33. The van der Waals surface area contributed by atoms with Crippen molar-refractivity contribution in [1.29, 1.82) is 0 Å². The second-order valence-electron chi connectivity index (χ2n) is 9.81. The molecule has 3 aliphatic carbocycles. The fraction of sp³-hybridized carbons (Fsp3) is 0.393. The fourth-order valence-electron chi connectivity index (χ4n) is 6.20. The Balaban J connectivity index is 1.15. The van der Waals surface area contributed by atoms with Crippen LogP contribution in [-0.2, 0) is 14.3 Å². The Morgan fingerprint density at radius 2 is 1.69 bits per heavy atom. The minimum absolute atomic E-state index is 0.0132. The first-order valence-corrected chi connectivity index (χ1v) is 12.2. The molecule has 2 N–H and O–H groups in total. The number of nitrogens with one attached hydrogen (secondary N) is 1. The third-order valence-corrected chi connectivity index (χ3v) is 7.81. The van der Waals surface area contributed by atoms with Gasteiger partial charge in [-0.15, -0.1) is 6.58 Å². The molecule has 5 rings (SSSR count). The molecule has 0 aliphatic heterocycles. The van der Waals surface area contributed by atoms with Gasteiger partial charge in [-0.05, 0) is 53.4 Å².